The molecule has 0 spiro atoms. The van der Waals surface area contributed by atoms with Crippen molar-refractivity contribution in [1.82, 2.24) is 15.6 Å². The quantitative estimate of drug-likeness (QED) is 0.653. The minimum Gasteiger partial charge on any atom is -0.481 e. The van der Waals surface area contributed by atoms with Crippen molar-refractivity contribution in [1.29, 1.82) is 0 Å². The number of nitrogens with one attached hydrogen (secondary N) is 2. The first kappa shape index (κ1) is 17.4. The zero-order valence-corrected chi connectivity index (χ0v) is 13.3. The number of aromatic nitrogens is 1. The molecule has 0 saturated carbocycles. The number of nitrogens with zero attached hydrogens (tertiary/aromatic N) is 1. The number of aryl methyl sites for hydroxylation is 1. The van der Waals surface area contributed by atoms with E-state index in [-0.39, 0.29) is 18.4 Å². The number of carbonyl (C=O) groups is 2. The van der Waals surface area contributed by atoms with Crippen LogP contribution in [0.1, 0.15) is 43.0 Å². The van der Waals surface area contributed by atoms with Gasteiger partial charge in [-0.3, -0.25) is 4.79 Å². The Morgan fingerprint density at radius 3 is 2.76 bits per heavy atom. The van der Waals surface area contributed by atoms with Crippen LogP contribution in [0.3, 0.4) is 0 Å². The first-order valence-electron chi connectivity index (χ1n) is 7.18. The number of hydrogen-bond acceptors (Lipinski definition) is 4. The van der Waals surface area contributed by atoms with Gasteiger partial charge in [0.05, 0.1) is 6.54 Å². The number of thiazole rings is 1. The van der Waals surface area contributed by atoms with Crippen LogP contribution in [0.2, 0.25) is 0 Å². The van der Waals surface area contributed by atoms with Crippen LogP contribution in [0.5, 0.6) is 0 Å². The summed E-state index contributed by atoms with van der Waals surface area (Å²) in [4.78, 5) is 27.5. The van der Waals surface area contributed by atoms with Gasteiger partial charge in [-0.15, -0.1) is 11.3 Å². The van der Waals surface area contributed by atoms with Crippen molar-refractivity contribution in [2.24, 2.45) is 5.92 Å². The standard InChI is InChI=1S/C14H23N3O3S/c1-3-11-8-16-12(21-11)9-17-14(20)15-7-6-10(2)4-5-13(18)19/h8,10H,3-7,9H2,1-2H3,(H,18,19)(H2,15,17,20). The molecule has 2 amide bonds. The average Bonchev–Trinajstić information content (AvgIpc) is 2.91. The molecule has 21 heavy (non-hydrogen) atoms. The minimum atomic E-state index is -0.776. The van der Waals surface area contributed by atoms with E-state index in [9.17, 15) is 9.59 Å². The van der Waals surface area contributed by atoms with Gasteiger partial charge in [-0.2, -0.15) is 0 Å². The summed E-state index contributed by atoms with van der Waals surface area (Å²) < 4.78 is 0. The summed E-state index contributed by atoms with van der Waals surface area (Å²) in [5.74, 6) is -0.491. The van der Waals surface area contributed by atoms with Crippen molar-refractivity contribution in [3.63, 3.8) is 0 Å². The van der Waals surface area contributed by atoms with Crippen LogP contribution in [0.25, 0.3) is 0 Å². The summed E-state index contributed by atoms with van der Waals surface area (Å²) in [6.07, 6.45) is 4.38. The summed E-state index contributed by atoms with van der Waals surface area (Å²) >= 11 is 1.60. The largest absolute Gasteiger partial charge is 0.481 e. The van der Waals surface area contributed by atoms with E-state index in [1.165, 1.54) is 4.88 Å². The molecular formula is C14H23N3O3S. The SMILES string of the molecule is CCc1cnc(CNC(=O)NCCC(C)CCC(=O)O)s1. The molecule has 7 heteroatoms. The van der Waals surface area contributed by atoms with Crippen molar-refractivity contribution in [2.75, 3.05) is 6.54 Å². The molecule has 1 rings (SSSR count). The predicted octanol–water partition coefficient (Wildman–Crippen LogP) is 2.40. The Kier molecular flexibility index (Phi) is 7.74. The highest BCUT2D eigenvalue weighted by Crippen LogP contribution is 2.12. The lowest BCUT2D eigenvalue weighted by Gasteiger charge is -2.11. The molecule has 118 valence electrons. The molecule has 0 aliphatic rings. The smallest absolute Gasteiger partial charge is 0.315 e. The van der Waals surface area contributed by atoms with Crippen LogP contribution in [-0.2, 0) is 17.8 Å². The van der Waals surface area contributed by atoms with E-state index < -0.39 is 5.97 Å². The predicted molar refractivity (Wildman–Crippen MR) is 82.4 cm³/mol. The first-order chi connectivity index (χ1) is 10.0. The molecular weight excluding hydrogens is 290 g/mol. The summed E-state index contributed by atoms with van der Waals surface area (Å²) in [5.41, 5.74) is 0. The van der Waals surface area contributed by atoms with Gasteiger partial charge in [0.1, 0.15) is 5.01 Å². The number of carboxylic acids is 1. The number of urea groups is 1. The van der Waals surface area contributed by atoms with Gasteiger partial charge in [-0.25, -0.2) is 9.78 Å². The van der Waals surface area contributed by atoms with E-state index in [0.717, 1.165) is 17.8 Å². The number of aliphatic carboxylic acids is 1. The Balaban J connectivity index is 2.12. The Hall–Kier alpha value is -1.63. The molecule has 0 saturated heterocycles. The lowest BCUT2D eigenvalue weighted by molar-refractivity contribution is -0.137. The first-order valence-corrected chi connectivity index (χ1v) is 8.00. The molecule has 0 aromatic carbocycles. The van der Waals surface area contributed by atoms with E-state index in [2.05, 4.69) is 22.5 Å². The zero-order chi connectivity index (χ0) is 15.7. The lowest BCUT2D eigenvalue weighted by Crippen LogP contribution is -2.36. The van der Waals surface area contributed by atoms with Gasteiger partial charge in [0.15, 0.2) is 0 Å². The molecule has 1 unspecified atom stereocenters. The fraction of sp³-hybridized carbons (Fsp3) is 0.643. The van der Waals surface area contributed by atoms with Crippen molar-refractivity contribution < 1.29 is 14.7 Å². The summed E-state index contributed by atoms with van der Waals surface area (Å²) in [6.45, 7) is 5.04. The van der Waals surface area contributed by atoms with Gasteiger partial charge in [0.2, 0.25) is 0 Å². The Bertz CT molecular complexity index is 462. The van der Waals surface area contributed by atoms with Crippen molar-refractivity contribution in [2.45, 2.75) is 46.1 Å². The van der Waals surface area contributed by atoms with Crippen LogP contribution in [-0.4, -0.2) is 28.6 Å². The fourth-order valence-corrected chi connectivity index (χ4v) is 2.56. The Morgan fingerprint density at radius 2 is 2.14 bits per heavy atom. The molecule has 0 radical (unpaired) electrons. The number of carbonyl (C=O) groups excluding carboxylic acids is 1. The van der Waals surface area contributed by atoms with Crippen LogP contribution >= 0.6 is 11.3 Å². The van der Waals surface area contributed by atoms with Gasteiger partial charge in [0.25, 0.3) is 0 Å². The third kappa shape index (κ3) is 7.65. The lowest BCUT2D eigenvalue weighted by atomic mass is 10.0. The number of carboxylic acid groups (broad SMARTS) is 1. The van der Waals surface area contributed by atoms with Crippen molar-refractivity contribution in [3.8, 4) is 0 Å². The summed E-state index contributed by atoms with van der Waals surface area (Å²) in [7, 11) is 0. The average molecular weight is 313 g/mol. The van der Waals surface area contributed by atoms with Crippen LogP contribution in [0.15, 0.2) is 6.20 Å². The molecule has 1 aromatic heterocycles. The van der Waals surface area contributed by atoms with Gasteiger partial charge in [-0.1, -0.05) is 13.8 Å². The second-order valence-corrected chi connectivity index (χ2v) is 6.21. The maximum absolute atomic E-state index is 11.6. The summed E-state index contributed by atoms with van der Waals surface area (Å²) in [6, 6.07) is -0.214. The molecule has 1 atom stereocenters. The summed E-state index contributed by atoms with van der Waals surface area (Å²) in [5, 5.41) is 15.0. The minimum absolute atomic E-state index is 0.178. The third-order valence-corrected chi connectivity index (χ3v) is 4.27. The van der Waals surface area contributed by atoms with Crippen LogP contribution in [0, 0.1) is 5.92 Å². The second-order valence-electron chi connectivity index (χ2n) is 5.01. The van der Waals surface area contributed by atoms with Gasteiger partial charge in [0, 0.05) is 24.0 Å². The van der Waals surface area contributed by atoms with Crippen molar-refractivity contribution in [3.05, 3.63) is 16.1 Å². The molecule has 0 aliphatic heterocycles. The van der Waals surface area contributed by atoms with E-state index in [1.54, 1.807) is 11.3 Å². The molecule has 0 fully saturated rings. The van der Waals surface area contributed by atoms with E-state index in [1.807, 2.05) is 13.1 Å². The molecule has 6 nitrogen and oxygen atoms in total. The van der Waals surface area contributed by atoms with Gasteiger partial charge < -0.3 is 15.7 Å². The van der Waals surface area contributed by atoms with E-state index in [0.29, 0.717) is 19.5 Å². The highest BCUT2D eigenvalue weighted by Gasteiger charge is 2.07. The molecule has 1 aromatic rings. The Labute approximate surface area is 129 Å². The number of amides is 2. The highest BCUT2D eigenvalue weighted by molar-refractivity contribution is 7.11. The van der Waals surface area contributed by atoms with Gasteiger partial charge >= 0.3 is 12.0 Å². The fourth-order valence-electron chi connectivity index (χ4n) is 1.76. The topological polar surface area (TPSA) is 91.3 Å². The maximum atomic E-state index is 11.6. The second kappa shape index (κ2) is 9.33. The zero-order valence-electron chi connectivity index (χ0n) is 12.5. The third-order valence-electron chi connectivity index (χ3n) is 3.12. The number of rotatable bonds is 9. The Morgan fingerprint density at radius 1 is 1.38 bits per heavy atom. The van der Waals surface area contributed by atoms with E-state index >= 15 is 0 Å². The molecule has 0 bridgehead atoms. The highest BCUT2D eigenvalue weighted by atomic mass is 32.1. The molecule has 0 aliphatic carbocycles. The van der Waals surface area contributed by atoms with Crippen LogP contribution < -0.4 is 10.6 Å². The monoisotopic (exact) mass is 313 g/mol. The maximum Gasteiger partial charge on any atom is 0.315 e. The number of hydrogen-bond donors (Lipinski definition) is 3. The normalized spacial score (nSPS) is 11.9. The molecule has 1 heterocycles. The van der Waals surface area contributed by atoms with Crippen molar-refractivity contribution >= 4 is 23.3 Å². The van der Waals surface area contributed by atoms with Crippen LogP contribution in [0.4, 0.5) is 4.79 Å². The van der Waals surface area contributed by atoms with E-state index in [4.69, 9.17) is 5.11 Å². The molecule has 3 N–H and O–H groups in total. The van der Waals surface area contributed by atoms with Gasteiger partial charge in [-0.05, 0) is 25.2 Å².